The van der Waals surface area contributed by atoms with E-state index in [9.17, 15) is 9.59 Å². The number of rotatable bonds is 5. The first-order valence-electron chi connectivity index (χ1n) is 6.32. The molecule has 21 heavy (non-hydrogen) atoms. The van der Waals surface area contributed by atoms with Crippen molar-refractivity contribution in [2.45, 2.75) is 0 Å². The van der Waals surface area contributed by atoms with Crippen molar-refractivity contribution in [1.82, 2.24) is 5.32 Å². The van der Waals surface area contributed by atoms with Crippen molar-refractivity contribution in [3.8, 4) is 5.75 Å². The number of ketones is 1. The van der Waals surface area contributed by atoms with Crippen LogP contribution in [-0.2, 0) is 0 Å². The Hall–Kier alpha value is -2.14. The van der Waals surface area contributed by atoms with E-state index < -0.39 is 0 Å². The highest BCUT2D eigenvalue weighted by molar-refractivity contribution is 9.10. The van der Waals surface area contributed by atoms with Crippen LogP contribution >= 0.6 is 15.9 Å². The highest BCUT2D eigenvalue weighted by atomic mass is 79.9. The summed E-state index contributed by atoms with van der Waals surface area (Å²) in [7, 11) is 1.53. The number of hydrogen-bond acceptors (Lipinski definition) is 3. The summed E-state index contributed by atoms with van der Waals surface area (Å²) in [6.45, 7) is -0.0491. The Morgan fingerprint density at radius 1 is 1.14 bits per heavy atom. The summed E-state index contributed by atoms with van der Waals surface area (Å²) in [5, 5.41) is 2.62. The second-order valence-electron chi connectivity index (χ2n) is 4.32. The summed E-state index contributed by atoms with van der Waals surface area (Å²) >= 11 is 3.31. The van der Waals surface area contributed by atoms with Crippen LogP contribution in [0.2, 0.25) is 0 Å². The molecule has 4 nitrogen and oxygen atoms in total. The molecule has 1 amide bonds. The molecule has 108 valence electrons. The second-order valence-corrected chi connectivity index (χ2v) is 5.17. The van der Waals surface area contributed by atoms with Gasteiger partial charge < -0.3 is 10.1 Å². The van der Waals surface area contributed by atoms with Gasteiger partial charge in [0.05, 0.1) is 19.2 Å². The maximum absolute atomic E-state index is 12.1. The minimum atomic E-state index is -0.329. The number of carbonyl (C=O) groups is 2. The number of methoxy groups -OCH3 is 1. The molecule has 0 aliphatic carbocycles. The van der Waals surface area contributed by atoms with Crippen LogP contribution in [0.4, 0.5) is 0 Å². The average Bonchev–Trinajstić information content (AvgIpc) is 2.53. The standard InChI is InChI=1S/C16H14BrNO3/c1-21-12-7-8-14(17)13(9-12)16(20)18-10-15(19)11-5-3-2-4-6-11/h2-9H,10H2,1H3,(H,18,20). The topological polar surface area (TPSA) is 55.4 Å². The van der Waals surface area contributed by atoms with Crippen LogP contribution in [0.1, 0.15) is 20.7 Å². The Morgan fingerprint density at radius 3 is 2.52 bits per heavy atom. The van der Waals surface area contributed by atoms with Crippen molar-refractivity contribution in [1.29, 1.82) is 0 Å². The van der Waals surface area contributed by atoms with Crippen LogP contribution in [0, 0.1) is 0 Å². The van der Waals surface area contributed by atoms with Gasteiger partial charge in [0.25, 0.3) is 5.91 Å². The van der Waals surface area contributed by atoms with E-state index in [0.717, 1.165) is 0 Å². The molecule has 2 aromatic rings. The van der Waals surface area contributed by atoms with Gasteiger partial charge in [-0.2, -0.15) is 0 Å². The van der Waals surface area contributed by atoms with Gasteiger partial charge in [-0.1, -0.05) is 30.3 Å². The fraction of sp³-hybridized carbons (Fsp3) is 0.125. The van der Waals surface area contributed by atoms with E-state index in [1.54, 1.807) is 42.5 Å². The highest BCUT2D eigenvalue weighted by Gasteiger charge is 2.13. The summed E-state index contributed by atoms with van der Waals surface area (Å²) in [5.74, 6) is 0.116. The first kappa shape index (κ1) is 15.3. The molecular weight excluding hydrogens is 334 g/mol. The van der Waals surface area contributed by atoms with Gasteiger partial charge >= 0.3 is 0 Å². The van der Waals surface area contributed by atoms with E-state index in [0.29, 0.717) is 21.3 Å². The molecule has 2 rings (SSSR count). The van der Waals surface area contributed by atoms with E-state index >= 15 is 0 Å². The monoisotopic (exact) mass is 347 g/mol. The highest BCUT2D eigenvalue weighted by Crippen LogP contribution is 2.22. The average molecular weight is 348 g/mol. The Bertz CT molecular complexity index is 656. The number of nitrogens with one attached hydrogen (secondary N) is 1. The van der Waals surface area contributed by atoms with Crippen LogP contribution in [0.15, 0.2) is 53.0 Å². The van der Waals surface area contributed by atoms with Gasteiger partial charge in [0.1, 0.15) is 5.75 Å². The fourth-order valence-electron chi connectivity index (χ4n) is 1.79. The minimum Gasteiger partial charge on any atom is -0.497 e. The minimum absolute atomic E-state index is 0.0491. The van der Waals surface area contributed by atoms with Crippen molar-refractivity contribution >= 4 is 27.6 Å². The summed E-state index contributed by atoms with van der Waals surface area (Å²) in [5.41, 5.74) is 0.998. The van der Waals surface area contributed by atoms with Gasteiger partial charge in [0.15, 0.2) is 5.78 Å². The molecule has 0 heterocycles. The lowest BCUT2D eigenvalue weighted by Crippen LogP contribution is -2.29. The normalized spacial score (nSPS) is 10.0. The van der Waals surface area contributed by atoms with Gasteiger partial charge in [-0.25, -0.2) is 0 Å². The first-order valence-corrected chi connectivity index (χ1v) is 7.11. The molecular formula is C16H14BrNO3. The maximum atomic E-state index is 12.1. The molecule has 0 fully saturated rings. The van der Waals surface area contributed by atoms with Crippen LogP contribution in [-0.4, -0.2) is 25.3 Å². The molecule has 0 saturated heterocycles. The molecule has 0 aliphatic rings. The molecule has 2 aromatic carbocycles. The molecule has 0 atom stereocenters. The Labute approximate surface area is 131 Å². The van der Waals surface area contributed by atoms with Crippen LogP contribution in [0.25, 0.3) is 0 Å². The molecule has 0 aromatic heterocycles. The zero-order valence-electron chi connectivity index (χ0n) is 11.4. The van der Waals surface area contributed by atoms with Crippen LogP contribution in [0.5, 0.6) is 5.75 Å². The third-order valence-electron chi connectivity index (χ3n) is 2.92. The lowest BCUT2D eigenvalue weighted by molar-refractivity contribution is 0.0903. The molecule has 0 aliphatic heterocycles. The van der Waals surface area contributed by atoms with Gasteiger partial charge in [-0.3, -0.25) is 9.59 Å². The van der Waals surface area contributed by atoms with Gasteiger partial charge in [0, 0.05) is 10.0 Å². The molecule has 0 spiro atoms. The lowest BCUT2D eigenvalue weighted by atomic mass is 10.1. The summed E-state index contributed by atoms with van der Waals surface area (Å²) < 4.78 is 5.73. The molecule has 0 unspecified atom stereocenters. The van der Waals surface area contributed by atoms with Gasteiger partial charge in [-0.05, 0) is 34.1 Å². The molecule has 0 bridgehead atoms. The van der Waals surface area contributed by atoms with Crippen molar-refractivity contribution in [3.05, 3.63) is 64.1 Å². The Morgan fingerprint density at radius 2 is 1.86 bits per heavy atom. The zero-order chi connectivity index (χ0) is 15.2. The lowest BCUT2D eigenvalue weighted by Gasteiger charge is -2.08. The smallest absolute Gasteiger partial charge is 0.252 e. The molecule has 0 saturated carbocycles. The van der Waals surface area contributed by atoms with Gasteiger partial charge in [-0.15, -0.1) is 0 Å². The van der Waals surface area contributed by atoms with E-state index in [2.05, 4.69) is 21.2 Å². The van der Waals surface area contributed by atoms with E-state index in [-0.39, 0.29) is 18.2 Å². The van der Waals surface area contributed by atoms with E-state index in [1.807, 2.05) is 6.07 Å². The predicted molar refractivity (Wildman–Crippen MR) is 83.8 cm³/mol. The second kappa shape index (κ2) is 7.04. The maximum Gasteiger partial charge on any atom is 0.252 e. The number of benzene rings is 2. The zero-order valence-corrected chi connectivity index (χ0v) is 13.0. The third-order valence-corrected chi connectivity index (χ3v) is 3.61. The molecule has 1 N–H and O–H groups in total. The van der Waals surface area contributed by atoms with Crippen molar-refractivity contribution in [2.75, 3.05) is 13.7 Å². The van der Waals surface area contributed by atoms with E-state index in [4.69, 9.17) is 4.74 Å². The number of Topliss-reactive ketones (excluding diaryl/α,β-unsaturated/α-hetero) is 1. The van der Waals surface area contributed by atoms with Gasteiger partial charge in [0.2, 0.25) is 0 Å². The number of carbonyl (C=O) groups excluding carboxylic acids is 2. The van der Waals surface area contributed by atoms with E-state index in [1.165, 1.54) is 7.11 Å². The Kier molecular flexibility index (Phi) is 5.11. The number of halogens is 1. The SMILES string of the molecule is COc1ccc(Br)c(C(=O)NCC(=O)c2ccccc2)c1. The predicted octanol–water partition coefficient (Wildman–Crippen LogP) is 3.07. The van der Waals surface area contributed by atoms with Crippen LogP contribution in [0.3, 0.4) is 0 Å². The quantitative estimate of drug-likeness (QED) is 0.845. The number of hydrogen-bond donors (Lipinski definition) is 1. The molecule has 5 heteroatoms. The fourth-order valence-corrected chi connectivity index (χ4v) is 2.21. The summed E-state index contributed by atoms with van der Waals surface area (Å²) in [6.07, 6.45) is 0. The van der Waals surface area contributed by atoms with Crippen molar-refractivity contribution < 1.29 is 14.3 Å². The summed E-state index contributed by atoms with van der Waals surface area (Å²) in [4.78, 5) is 24.1. The largest absolute Gasteiger partial charge is 0.497 e. The number of ether oxygens (including phenoxy) is 1. The molecule has 0 radical (unpaired) electrons. The third kappa shape index (κ3) is 3.92. The summed E-state index contributed by atoms with van der Waals surface area (Å²) in [6, 6.07) is 13.9. The first-order chi connectivity index (χ1) is 10.1. The Balaban J connectivity index is 2.04. The van der Waals surface area contributed by atoms with Crippen LogP contribution < -0.4 is 10.1 Å². The van der Waals surface area contributed by atoms with Crippen molar-refractivity contribution in [2.24, 2.45) is 0 Å². The van der Waals surface area contributed by atoms with Crippen molar-refractivity contribution in [3.63, 3.8) is 0 Å². The number of amides is 1.